The number of nitrogens with one attached hydrogen (secondary N) is 1. The molecule has 0 aromatic carbocycles. The molecule has 0 aliphatic heterocycles. The van der Waals surface area contributed by atoms with Crippen LogP contribution in [0.2, 0.25) is 0 Å². The molecule has 0 unspecified atom stereocenters. The Morgan fingerprint density at radius 3 is 2.26 bits per heavy atom. The number of hydrogen-bond acceptors (Lipinski definition) is 3. The molecule has 9 heteroatoms. The Hall–Kier alpha value is 0.190. The lowest BCUT2D eigenvalue weighted by Gasteiger charge is -2.26. The molecule has 1 aliphatic rings. The first-order valence-corrected chi connectivity index (χ1v) is 7.78. The summed E-state index contributed by atoms with van der Waals surface area (Å²) in [6.07, 6.45) is 4.53. The van der Waals surface area contributed by atoms with Gasteiger partial charge in [0.15, 0.2) is 4.84 Å². The SMILES string of the molecule is NC(=O)[C@H]1CC=CC[C@H]1C(=O)NSC(Cl)(Cl)C(Cl)Cl. The molecule has 0 saturated heterocycles. The summed E-state index contributed by atoms with van der Waals surface area (Å²) < 4.78 is 0.898. The van der Waals surface area contributed by atoms with Gasteiger partial charge in [-0.3, -0.25) is 14.3 Å². The molecule has 108 valence electrons. The lowest BCUT2D eigenvalue weighted by molar-refractivity contribution is -0.132. The van der Waals surface area contributed by atoms with Gasteiger partial charge in [0.1, 0.15) is 0 Å². The Kier molecular flexibility index (Phi) is 6.60. The maximum Gasteiger partial charge on any atom is 0.234 e. The molecule has 1 aliphatic carbocycles. The maximum absolute atomic E-state index is 12.0. The lowest BCUT2D eigenvalue weighted by atomic mass is 9.82. The molecule has 0 aromatic rings. The average Bonchev–Trinajstić information content (AvgIpc) is 2.35. The van der Waals surface area contributed by atoms with Crippen molar-refractivity contribution in [2.45, 2.75) is 21.3 Å². The van der Waals surface area contributed by atoms with Crippen LogP contribution in [0.1, 0.15) is 12.8 Å². The van der Waals surface area contributed by atoms with Crippen molar-refractivity contribution in [1.29, 1.82) is 0 Å². The minimum absolute atomic E-state index is 0.377. The minimum Gasteiger partial charge on any atom is -0.369 e. The molecule has 0 fully saturated rings. The van der Waals surface area contributed by atoms with Gasteiger partial charge in [-0.1, -0.05) is 35.4 Å². The van der Waals surface area contributed by atoms with Crippen LogP contribution in [0.15, 0.2) is 12.2 Å². The number of hydrogen-bond donors (Lipinski definition) is 2. The Morgan fingerprint density at radius 1 is 1.26 bits per heavy atom. The molecular formula is C10H12Cl4N2O2S. The van der Waals surface area contributed by atoms with Crippen LogP contribution < -0.4 is 10.5 Å². The van der Waals surface area contributed by atoms with Crippen molar-refractivity contribution in [2.75, 3.05) is 0 Å². The molecule has 3 N–H and O–H groups in total. The Balaban J connectivity index is 2.62. The molecule has 0 radical (unpaired) electrons. The molecule has 0 aromatic heterocycles. The number of amides is 2. The van der Waals surface area contributed by atoms with Gasteiger partial charge in [0.2, 0.25) is 15.5 Å². The third-order valence-electron chi connectivity index (χ3n) is 2.68. The van der Waals surface area contributed by atoms with E-state index in [0.717, 1.165) is 0 Å². The number of allylic oxidation sites excluding steroid dienone is 2. The van der Waals surface area contributed by atoms with Crippen LogP contribution in [-0.4, -0.2) is 20.3 Å². The van der Waals surface area contributed by atoms with Crippen LogP contribution in [0.5, 0.6) is 0 Å². The summed E-state index contributed by atoms with van der Waals surface area (Å²) in [4.78, 5) is 22.2. The summed E-state index contributed by atoms with van der Waals surface area (Å²) in [6, 6.07) is 0. The number of nitrogens with two attached hydrogens (primary N) is 1. The van der Waals surface area contributed by atoms with Crippen LogP contribution in [0.3, 0.4) is 0 Å². The van der Waals surface area contributed by atoms with Crippen molar-refractivity contribution in [1.82, 2.24) is 4.72 Å². The molecule has 0 heterocycles. The number of rotatable bonds is 5. The summed E-state index contributed by atoms with van der Waals surface area (Å²) >= 11 is 23.4. The van der Waals surface area contributed by atoms with E-state index in [4.69, 9.17) is 52.1 Å². The van der Waals surface area contributed by atoms with Crippen molar-refractivity contribution in [2.24, 2.45) is 17.6 Å². The van der Waals surface area contributed by atoms with Crippen molar-refractivity contribution in [3.05, 3.63) is 12.2 Å². The van der Waals surface area contributed by atoms with E-state index >= 15 is 0 Å². The predicted octanol–water partition coefficient (Wildman–Crippen LogP) is 2.75. The molecule has 2 amide bonds. The molecule has 4 nitrogen and oxygen atoms in total. The van der Waals surface area contributed by atoms with Crippen molar-refractivity contribution in [3.63, 3.8) is 0 Å². The van der Waals surface area contributed by atoms with Gasteiger partial charge in [-0.05, 0) is 24.8 Å². The van der Waals surface area contributed by atoms with E-state index in [1.165, 1.54) is 0 Å². The maximum atomic E-state index is 12.0. The molecule has 1 rings (SSSR count). The van der Waals surface area contributed by atoms with Crippen molar-refractivity contribution in [3.8, 4) is 0 Å². The minimum atomic E-state index is -1.56. The zero-order chi connectivity index (χ0) is 14.6. The van der Waals surface area contributed by atoms with Gasteiger partial charge in [0, 0.05) is 0 Å². The zero-order valence-electron chi connectivity index (χ0n) is 9.61. The van der Waals surface area contributed by atoms with Gasteiger partial charge in [-0.25, -0.2) is 0 Å². The topological polar surface area (TPSA) is 72.2 Å². The highest BCUT2D eigenvalue weighted by Crippen LogP contribution is 2.41. The second kappa shape index (κ2) is 7.27. The first kappa shape index (κ1) is 17.2. The lowest BCUT2D eigenvalue weighted by Crippen LogP contribution is -2.40. The molecule has 2 atom stereocenters. The fourth-order valence-electron chi connectivity index (χ4n) is 1.66. The van der Waals surface area contributed by atoms with Gasteiger partial charge in [0.25, 0.3) is 0 Å². The summed E-state index contributed by atoms with van der Waals surface area (Å²) in [6.45, 7) is 0. The summed E-state index contributed by atoms with van der Waals surface area (Å²) in [7, 11) is 0. The monoisotopic (exact) mass is 364 g/mol. The van der Waals surface area contributed by atoms with Gasteiger partial charge >= 0.3 is 0 Å². The summed E-state index contributed by atoms with van der Waals surface area (Å²) in [5, 5.41) is 0. The Morgan fingerprint density at radius 2 is 1.79 bits per heavy atom. The highest BCUT2D eigenvalue weighted by atomic mass is 35.5. The zero-order valence-corrected chi connectivity index (χ0v) is 13.5. The van der Waals surface area contributed by atoms with Crippen molar-refractivity contribution < 1.29 is 9.59 Å². The molecular weight excluding hydrogens is 354 g/mol. The predicted molar refractivity (Wildman–Crippen MR) is 80.2 cm³/mol. The van der Waals surface area contributed by atoms with Crippen LogP contribution in [0, 0.1) is 11.8 Å². The van der Waals surface area contributed by atoms with E-state index in [9.17, 15) is 9.59 Å². The summed E-state index contributed by atoms with van der Waals surface area (Å²) in [5.41, 5.74) is 5.27. The van der Waals surface area contributed by atoms with Crippen LogP contribution >= 0.6 is 58.4 Å². The largest absolute Gasteiger partial charge is 0.369 e. The second-order valence-electron chi connectivity index (χ2n) is 3.99. The third-order valence-corrected chi connectivity index (χ3v) is 5.75. The van der Waals surface area contributed by atoms with Gasteiger partial charge in [0.05, 0.1) is 11.8 Å². The summed E-state index contributed by atoms with van der Waals surface area (Å²) in [5.74, 6) is -1.96. The molecule has 19 heavy (non-hydrogen) atoms. The van der Waals surface area contributed by atoms with Gasteiger partial charge in [-0.15, -0.1) is 23.2 Å². The Bertz CT molecular complexity index is 390. The highest BCUT2D eigenvalue weighted by Gasteiger charge is 2.37. The fourth-order valence-corrected chi connectivity index (χ4v) is 2.63. The Labute approximate surface area is 135 Å². The van der Waals surface area contributed by atoms with Gasteiger partial charge in [-0.2, -0.15) is 0 Å². The number of primary amides is 1. The third kappa shape index (κ3) is 4.90. The van der Waals surface area contributed by atoms with Crippen LogP contribution in [-0.2, 0) is 9.59 Å². The number of alkyl halides is 4. The molecule has 0 bridgehead atoms. The van der Waals surface area contributed by atoms with Crippen LogP contribution in [0.25, 0.3) is 0 Å². The average molecular weight is 366 g/mol. The number of carbonyl (C=O) groups is 2. The second-order valence-corrected chi connectivity index (χ2v) is 7.97. The van der Waals surface area contributed by atoms with E-state index in [2.05, 4.69) is 4.72 Å². The highest BCUT2D eigenvalue weighted by molar-refractivity contribution is 8.02. The van der Waals surface area contributed by atoms with E-state index in [1.807, 2.05) is 12.2 Å². The fraction of sp³-hybridized carbons (Fsp3) is 0.600. The number of carbonyl (C=O) groups excluding carboxylic acids is 2. The molecule has 0 spiro atoms. The first-order valence-electron chi connectivity index (χ1n) is 5.34. The van der Waals surface area contributed by atoms with Crippen LogP contribution in [0.4, 0.5) is 0 Å². The normalized spacial score (nSPS) is 23.4. The molecule has 0 saturated carbocycles. The van der Waals surface area contributed by atoms with E-state index < -0.39 is 26.2 Å². The number of halogens is 4. The smallest absolute Gasteiger partial charge is 0.234 e. The van der Waals surface area contributed by atoms with E-state index in [-0.39, 0.29) is 5.91 Å². The quantitative estimate of drug-likeness (QED) is 0.447. The standard InChI is InChI=1S/C10H12Cl4N2O2S/c11-9(12)10(13,14)19-16-8(18)6-4-2-1-3-5(6)7(15)17/h1-2,5-6,9H,3-4H2,(H2,15,17)(H,16,18)/t5-,6+/m0/s1. The van der Waals surface area contributed by atoms with Crippen molar-refractivity contribution >= 4 is 70.2 Å². The van der Waals surface area contributed by atoms with E-state index in [0.29, 0.717) is 24.8 Å². The van der Waals surface area contributed by atoms with E-state index in [1.54, 1.807) is 0 Å². The van der Waals surface area contributed by atoms with Gasteiger partial charge < -0.3 is 5.73 Å². The first-order chi connectivity index (χ1) is 8.75.